The van der Waals surface area contributed by atoms with Gasteiger partial charge in [-0.05, 0) is 25.7 Å². The second kappa shape index (κ2) is 14.1. The van der Waals surface area contributed by atoms with Crippen molar-refractivity contribution in [1.82, 2.24) is 16.0 Å². The van der Waals surface area contributed by atoms with Gasteiger partial charge in [0.25, 0.3) is 0 Å². The van der Waals surface area contributed by atoms with Gasteiger partial charge in [-0.1, -0.05) is 20.3 Å². The molecule has 0 unspecified atom stereocenters. The highest BCUT2D eigenvalue weighted by Gasteiger charge is 2.28. The number of amides is 4. The first kappa shape index (κ1) is 28.0. The summed E-state index contributed by atoms with van der Waals surface area (Å²) in [6.45, 7) is 4.95. The van der Waals surface area contributed by atoms with Crippen LogP contribution >= 0.6 is 0 Å². The van der Waals surface area contributed by atoms with Crippen LogP contribution in [0.2, 0.25) is 0 Å². The summed E-state index contributed by atoms with van der Waals surface area (Å²) in [5.41, 5.74) is 10.9. The molecule has 0 aromatic heterocycles. The summed E-state index contributed by atoms with van der Waals surface area (Å²) in [5.74, 6) is -4.10. The highest BCUT2D eigenvalue weighted by atomic mass is 16.4. The average Bonchev–Trinajstić information content (AvgIpc) is 2.71. The molecule has 0 rings (SSSR count). The smallest absolute Gasteiger partial charge is 0.303 e. The Hall–Kier alpha value is -3.02. The minimum atomic E-state index is -1.22. The minimum Gasteiger partial charge on any atom is -0.481 e. The number of nitrogens with two attached hydrogens (primary N) is 2. The molecule has 0 saturated carbocycles. The lowest BCUT2D eigenvalue weighted by molar-refractivity contribution is -0.138. The first-order chi connectivity index (χ1) is 14.4. The molecule has 175 valence electrons. The Balaban J connectivity index is 5.07. The molecule has 12 heteroatoms. The predicted molar refractivity (Wildman–Crippen MR) is 110 cm³/mol. The van der Waals surface area contributed by atoms with E-state index in [0.29, 0.717) is 6.42 Å². The number of carbonyl (C=O) groups excluding carboxylic acids is 5. The summed E-state index contributed by atoms with van der Waals surface area (Å²) in [7, 11) is 0. The van der Waals surface area contributed by atoms with Crippen LogP contribution in [0, 0.1) is 5.92 Å². The number of carboxylic acid groups (broad SMARTS) is 1. The first-order valence-corrected chi connectivity index (χ1v) is 9.97. The van der Waals surface area contributed by atoms with Gasteiger partial charge in [-0.15, -0.1) is 0 Å². The molecule has 12 nitrogen and oxygen atoms in total. The molecule has 5 atom stereocenters. The van der Waals surface area contributed by atoms with Crippen molar-refractivity contribution in [3.05, 3.63) is 0 Å². The van der Waals surface area contributed by atoms with Gasteiger partial charge in [0.05, 0.1) is 12.1 Å². The Bertz CT molecular complexity index is 670. The van der Waals surface area contributed by atoms with E-state index in [0.717, 1.165) is 0 Å². The molecular weight excluding hydrogens is 410 g/mol. The van der Waals surface area contributed by atoms with Gasteiger partial charge >= 0.3 is 5.97 Å². The second-order valence-corrected chi connectivity index (χ2v) is 7.32. The summed E-state index contributed by atoms with van der Waals surface area (Å²) in [5, 5.41) is 16.0. The van der Waals surface area contributed by atoms with Gasteiger partial charge in [-0.2, -0.15) is 0 Å². The molecule has 8 N–H and O–H groups in total. The average molecular weight is 442 g/mol. The molecule has 0 bridgehead atoms. The summed E-state index contributed by atoms with van der Waals surface area (Å²) >= 11 is 0. The molecule has 0 saturated heterocycles. The Morgan fingerprint density at radius 1 is 0.935 bits per heavy atom. The van der Waals surface area contributed by atoms with Gasteiger partial charge < -0.3 is 32.5 Å². The van der Waals surface area contributed by atoms with E-state index in [1.165, 1.54) is 6.92 Å². The quantitative estimate of drug-likeness (QED) is 0.168. The van der Waals surface area contributed by atoms with E-state index in [1.807, 2.05) is 6.92 Å². The standard InChI is InChI=1S/C19H32N5O7/c1-4-10(2)16(21)19(31)24-13(6-8-15(27)28)18(30)22-11(3)17(29)23-12(9-25)5-7-14(20)26/h10-13,16H,4-8,21H2,1-3H3,(H2,20,26)(H,22,30)(H,23,29)(H,24,31)(H,27,28)/t10-,11-,12-,13-,16-/m0/s1. The van der Waals surface area contributed by atoms with Gasteiger partial charge in [0.1, 0.15) is 12.1 Å². The molecule has 0 aromatic carbocycles. The van der Waals surface area contributed by atoms with Gasteiger partial charge in [-0.25, -0.2) is 0 Å². The second-order valence-electron chi connectivity index (χ2n) is 7.32. The fraction of sp³-hybridized carbons (Fsp3) is 0.684. The van der Waals surface area contributed by atoms with Gasteiger partial charge in [0.15, 0.2) is 0 Å². The summed E-state index contributed by atoms with van der Waals surface area (Å²) in [4.78, 5) is 69.7. The number of primary amides is 1. The van der Waals surface area contributed by atoms with Crippen LogP contribution in [-0.2, 0) is 28.8 Å². The number of nitrogens with one attached hydrogen (secondary N) is 3. The molecule has 1 radical (unpaired) electrons. The van der Waals surface area contributed by atoms with E-state index in [4.69, 9.17) is 16.6 Å². The molecule has 0 heterocycles. The van der Waals surface area contributed by atoms with E-state index in [1.54, 1.807) is 13.2 Å². The van der Waals surface area contributed by atoms with Crippen molar-refractivity contribution in [3.8, 4) is 0 Å². The van der Waals surface area contributed by atoms with Gasteiger partial charge in [0, 0.05) is 12.8 Å². The third kappa shape index (κ3) is 11.1. The van der Waals surface area contributed by atoms with Crippen molar-refractivity contribution in [2.24, 2.45) is 17.4 Å². The number of carboxylic acids is 1. The van der Waals surface area contributed by atoms with Crippen LogP contribution in [-0.4, -0.2) is 65.2 Å². The van der Waals surface area contributed by atoms with E-state index in [-0.39, 0.29) is 25.2 Å². The van der Waals surface area contributed by atoms with Gasteiger partial charge in [-0.3, -0.25) is 28.8 Å². The zero-order valence-corrected chi connectivity index (χ0v) is 18.0. The van der Waals surface area contributed by atoms with Crippen LogP contribution in [0.1, 0.15) is 52.9 Å². The highest BCUT2D eigenvalue weighted by molar-refractivity contribution is 5.93. The fourth-order valence-electron chi connectivity index (χ4n) is 2.44. The third-order valence-corrected chi connectivity index (χ3v) is 4.73. The van der Waals surface area contributed by atoms with Crippen LogP contribution in [0.15, 0.2) is 0 Å². The number of carbonyl (C=O) groups is 5. The van der Waals surface area contributed by atoms with Crippen LogP contribution in [0.25, 0.3) is 0 Å². The summed E-state index contributed by atoms with van der Waals surface area (Å²) < 4.78 is 0. The maximum absolute atomic E-state index is 12.6. The lowest BCUT2D eigenvalue weighted by Crippen LogP contribution is -2.56. The van der Waals surface area contributed by atoms with E-state index in [2.05, 4.69) is 16.0 Å². The molecular formula is C19H32N5O7. The fourth-order valence-corrected chi connectivity index (χ4v) is 2.44. The Morgan fingerprint density at radius 2 is 1.55 bits per heavy atom. The third-order valence-electron chi connectivity index (χ3n) is 4.73. The van der Waals surface area contributed by atoms with Crippen molar-refractivity contribution in [2.75, 3.05) is 0 Å². The SMILES string of the molecule is CC[C@H](C)[C@H](N)C(=O)N[C@@H](CCC(=O)O)C(=O)N[C@@H](C)C(=O)N[C@H]([C]=O)CCC(N)=O. The van der Waals surface area contributed by atoms with E-state index in [9.17, 15) is 28.8 Å². The van der Waals surface area contributed by atoms with Crippen molar-refractivity contribution < 1.29 is 33.9 Å². The maximum Gasteiger partial charge on any atom is 0.303 e. The molecule has 0 aliphatic rings. The van der Waals surface area contributed by atoms with Crippen LogP contribution < -0.4 is 27.4 Å². The minimum absolute atomic E-state index is 0.0456. The van der Waals surface area contributed by atoms with Crippen LogP contribution in [0.4, 0.5) is 0 Å². The van der Waals surface area contributed by atoms with Gasteiger partial charge in [0.2, 0.25) is 29.9 Å². The normalized spacial score (nSPS) is 15.5. The number of aliphatic carboxylic acids is 1. The predicted octanol–water partition coefficient (Wildman–Crippen LogP) is -1.93. The maximum atomic E-state index is 12.6. The zero-order chi connectivity index (χ0) is 24.1. The van der Waals surface area contributed by atoms with Crippen molar-refractivity contribution in [1.29, 1.82) is 0 Å². The van der Waals surface area contributed by atoms with Crippen molar-refractivity contribution in [2.45, 2.75) is 77.0 Å². The molecule has 0 aliphatic carbocycles. The monoisotopic (exact) mass is 442 g/mol. The number of rotatable bonds is 15. The van der Waals surface area contributed by atoms with Crippen LogP contribution in [0.5, 0.6) is 0 Å². The molecule has 0 aliphatic heterocycles. The Morgan fingerprint density at radius 3 is 2.03 bits per heavy atom. The van der Waals surface area contributed by atoms with Crippen molar-refractivity contribution >= 4 is 35.9 Å². The number of hydrogen-bond acceptors (Lipinski definition) is 7. The Labute approximate surface area is 180 Å². The molecule has 0 aromatic rings. The molecule has 0 spiro atoms. The van der Waals surface area contributed by atoms with Crippen molar-refractivity contribution in [3.63, 3.8) is 0 Å². The van der Waals surface area contributed by atoms with E-state index < -0.39 is 60.2 Å². The zero-order valence-electron chi connectivity index (χ0n) is 18.0. The van der Waals surface area contributed by atoms with E-state index >= 15 is 0 Å². The first-order valence-electron chi connectivity index (χ1n) is 9.97. The lowest BCUT2D eigenvalue weighted by atomic mass is 9.98. The summed E-state index contributed by atoms with van der Waals surface area (Å²) in [6.07, 6.45) is 1.41. The lowest BCUT2D eigenvalue weighted by Gasteiger charge is -2.24. The largest absolute Gasteiger partial charge is 0.481 e. The Kier molecular flexibility index (Phi) is 12.7. The number of hydrogen-bond donors (Lipinski definition) is 6. The molecule has 4 amide bonds. The summed E-state index contributed by atoms with van der Waals surface area (Å²) in [6, 6.07) is -4.32. The molecule has 31 heavy (non-hydrogen) atoms. The topological polar surface area (TPSA) is 211 Å². The highest BCUT2D eigenvalue weighted by Crippen LogP contribution is 2.07. The molecule has 0 fully saturated rings. The van der Waals surface area contributed by atoms with Crippen LogP contribution in [0.3, 0.4) is 0 Å².